The summed E-state index contributed by atoms with van der Waals surface area (Å²) in [6, 6.07) is 8.55. The van der Waals surface area contributed by atoms with Crippen molar-refractivity contribution in [3.8, 4) is 23.0 Å². The third-order valence-corrected chi connectivity index (χ3v) is 7.25. The summed E-state index contributed by atoms with van der Waals surface area (Å²) in [5.41, 5.74) is 1.71. The molecule has 0 spiro atoms. The Balaban J connectivity index is 2.22. The number of ether oxygens (including phenoxy) is 4. The van der Waals surface area contributed by atoms with Crippen molar-refractivity contribution in [2.45, 2.75) is 5.75 Å². The Morgan fingerprint density at radius 3 is 1.92 bits per heavy atom. The molecule has 2 rings (SSSR count). The molecule has 0 bridgehead atoms. The fraction of sp³-hybridized carbons (Fsp3) is 0.444. The maximum absolute atomic E-state index is 12.9. The molecule has 216 valence electrons. The summed E-state index contributed by atoms with van der Waals surface area (Å²) in [4.78, 5) is 12.9. The first kappa shape index (κ1) is 32.1. The highest BCUT2D eigenvalue weighted by Gasteiger charge is 2.29. The van der Waals surface area contributed by atoms with Crippen LogP contribution in [-0.2, 0) is 21.3 Å². The zero-order valence-corrected chi connectivity index (χ0v) is 23.7. The lowest BCUT2D eigenvalue weighted by Crippen LogP contribution is -2.56. The van der Waals surface area contributed by atoms with Crippen LogP contribution in [0.1, 0.15) is 11.1 Å². The molecule has 0 aliphatic rings. The number of methoxy groups -OCH3 is 4. The maximum Gasteiger partial charge on any atom is 0.279 e. The molecule has 1 unspecified atom stereocenters. The van der Waals surface area contributed by atoms with Crippen LogP contribution in [0.2, 0.25) is 0 Å². The number of anilines is 1. The van der Waals surface area contributed by atoms with Crippen LogP contribution in [0.3, 0.4) is 0 Å². The quantitative estimate of drug-likeness (QED) is 0.208. The van der Waals surface area contributed by atoms with Crippen LogP contribution in [-0.4, -0.2) is 104 Å². The molecule has 0 heterocycles. The largest absolute Gasteiger partial charge is 0.496 e. The fourth-order valence-corrected chi connectivity index (χ4v) is 5.09. The van der Waals surface area contributed by atoms with Gasteiger partial charge in [0.2, 0.25) is 0 Å². The van der Waals surface area contributed by atoms with Crippen molar-refractivity contribution in [3.63, 3.8) is 0 Å². The molecule has 2 aromatic carbocycles. The molecular formula is C27H39N2O9S+. The summed E-state index contributed by atoms with van der Waals surface area (Å²) in [5.74, 6) is 1.80. The second kappa shape index (κ2) is 16.1. The highest BCUT2D eigenvalue weighted by molar-refractivity contribution is 7.87. The van der Waals surface area contributed by atoms with E-state index in [2.05, 4.69) is 5.32 Å². The number of aliphatic hydroxyl groups excluding tert-OH is 3. The monoisotopic (exact) mass is 567 g/mol. The molecule has 0 fully saturated rings. The van der Waals surface area contributed by atoms with E-state index in [0.29, 0.717) is 39.8 Å². The summed E-state index contributed by atoms with van der Waals surface area (Å²) in [5, 5.41) is 32.8. The minimum atomic E-state index is -1.42. The highest BCUT2D eigenvalue weighted by atomic mass is 32.2. The van der Waals surface area contributed by atoms with E-state index in [4.69, 9.17) is 18.9 Å². The molecule has 0 aliphatic heterocycles. The Bertz CT molecular complexity index is 1100. The summed E-state index contributed by atoms with van der Waals surface area (Å²) in [7, 11) is 4.65. The third-order valence-electron chi connectivity index (χ3n) is 6.19. The number of hydrogen-bond donors (Lipinski definition) is 4. The second-order valence-corrected chi connectivity index (χ2v) is 10.0. The lowest BCUT2D eigenvalue weighted by Gasteiger charge is -2.36. The second-order valence-electron chi connectivity index (χ2n) is 8.70. The van der Waals surface area contributed by atoms with Gasteiger partial charge in [-0.25, -0.2) is 0 Å². The minimum absolute atomic E-state index is 0.0322. The highest BCUT2D eigenvalue weighted by Crippen LogP contribution is 2.35. The van der Waals surface area contributed by atoms with Crippen LogP contribution >= 0.6 is 0 Å². The van der Waals surface area contributed by atoms with Crippen LogP contribution in [0.5, 0.6) is 23.0 Å². The molecule has 0 aromatic heterocycles. The van der Waals surface area contributed by atoms with Gasteiger partial charge in [0.15, 0.2) is 6.54 Å². The predicted molar refractivity (Wildman–Crippen MR) is 150 cm³/mol. The SMILES string of the molecule is COc1cc(OC)c(/C=C/S(=O)Cc2ccc(OC)c(NC(=O)C[N+](CCO)(CCO)CCO)c2)c(OC)c1. The number of nitrogens with zero attached hydrogens (tertiary/aromatic N) is 1. The van der Waals surface area contributed by atoms with Gasteiger partial charge in [0.1, 0.15) is 42.6 Å². The van der Waals surface area contributed by atoms with Crippen LogP contribution in [0, 0.1) is 0 Å². The number of aliphatic hydroxyl groups is 3. The van der Waals surface area contributed by atoms with E-state index in [0.717, 1.165) is 0 Å². The van der Waals surface area contributed by atoms with Gasteiger partial charge in [-0.05, 0) is 23.8 Å². The Labute approximate surface area is 231 Å². The van der Waals surface area contributed by atoms with Gasteiger partial charge in [-0.1, -0.05) is 6.07 Å². The zero-order chi connectivity index (χ0) is 28.8. The van der Waals surface area contributed by atoms with Gasteiger partial charge < -0.3 is 44.1 Å². The van der Waals surface area contributed by atoms with Gasteiger partial charge in [0.25, 0.3) is 5.91 Å². The first-order valence-electron chi connectivity index (χ1n) is 12.3. The molecule has 4 N–H and O–H groups in total. The topological polar surface area (TPSA) is 144 Å². The number of amides is 1. The molecule has 39 heavy (non-hydrogen) atoms. The fourth-order valence-electron chi connectivity index (χ4n) is 4.20. The zero-order valence-electron chi connectivity index (χ0n) is 22.8. The standard InChI is InChI=1S/C27H38N2O9S/c1-35-21-16-25(37-3)22(26(17-21)38-4)7-14-39(34)19-20-5-6-24(36-2)23(15-20)28-27(33)18-29(8-11-30,9-12-31)10-13-32/h5-7,14-17,30-32H,8-13,18-19H2,1-4H3/p+1/b14-7+. The van der Waals surface area contributed by atoms with Crippen LogP contribution < -0.4 is 24.3 Å². The van der Waals surface area contributed by atoms with Gasteiger partial charge in [-0.2, -0.15) is 0 Å². The van der Waals surface area contributed by atoms with Crippen molar-refractivity contribution in [1.29, 1.82) is 0 Å². The average molecular weight is 568 g/mol. The van der Waals surface area contributed by atoms with E-state index < -0.39 is 10.8 Å². The molecule has 1 atom stereocenters. The van der Waals surface area contributed by atoms with Crippen molar-refractivity contribution < 1.29 is 47.8 Å². The molecule has 0 radical (unpaired) electrons. The van der Waals surface area contributed by atoms with Crippen LogP contribution in [0.25, 0.3) is 6.08 Å². The Kier molecular flexibility index (Phi) is 13.2. The normalized spacial score (nSPS) is 12.3. The lowest BCUT2D eigenvalue weighted by atomic mass is 10.1. The van der Waals surface area contributed by atoms with E-state index in [-0.39, 0.29) is 62.1 Å². The number of carbonyl (C=O) groups is 1. The van der Waals surface area contributed by atoms with Crippen molar-refractivity contribution in [3.05, 3.63) is 46.9 Å². The number of rotatable bonds is 17. The summed E-state index contributed by atoms with van der Waals surface area (Å²) < 4.78 is 34.5. The van der Waals surface area contributed by atoms with Crippen LogP contribution in [0.15, 0.2) is 35.7 Å². The molecule has 2 aromatic rings. The summed E-state index contributed by atoms with van der Waals surface area (Å²) in [6.07, 6.45) is 1.67. The molecule has 0 saturated heterocycles. The van der Waals surface area contributed by atoms with Crippen molar-refractivity contribution >= 4 is 28.5 Å². The smallest absolute Gasteiger partial charge is 0.279 e. The molecule has 11 nitrogen and oxygen atoms in total. The Morgan fingerprint density at radius 2 is 1.44 bits per heavy atom. The molecule has 0 aliphatic carbocycles. The van der Waals surface area contributed by atoms with Gasteiger partial charge >= 0.3 is 0 Å². The van der Waals surface area contributed by atoms with Crippen molar-refractivity contribution in [2.24, 2.45) is 0 Å². The first-order valence-corrected chi connectivity index (χ1v) is 13.7. The van der Waals surface area contributed by atoms with E-state index in [1.54, 1.807) is 48.9 Å². The number of quaternary nitrogens is 1. The molecule has 0 saturated carbocycles. The maximum atomic E-state index is 12.9. The number of carbonyl (C=O) groups excluding carboxylic acids is 1. The molecule has 1 amide bonds. The summed E-state index contributed by atoms with van der Waals surface area (Å²) >= 11 is 0. The van der Waals surface area contributed by atoms with E-state index in [9.17, 15) is 24.3 Å². The minimum Gasteiger partial charge on any atom is -0.496 e. The van der Waals surface area contributed by atoms with Gasteiger partial charge in [0, 0.05) is 17.5 Å². The van der Waals surface area contributed by atoms with Gasteiger partial charge in [-0.3, -0.25) is 9.00 Å². The van der Waals surface area contributed by atoms with Crippen molar-refractivity contribution in [1.82, 2.24) is 0 Å². The van der Waals surface area contributed by atoms with Gasteiger partial charge in [-0.15, -0.1) is 0 Å². The first-order chi connectivity index (χ1) is 18.8. The number of benzene rings is 2. The molecule has 12 heteroatoms. The van der Waals surface area contributed by atoms with Crippen molar-refractivity contribution in [2.75, 3.05) is 79.8 Å². The number of nitrogens with one attached hydrogen (secondary N) is 1. The van der Waals surface area contributed by atoms with E-state index >= 15 is 0 Å². The lowest BCUT2D eigenvalue weighted by molar-refractivity contribution is -0.921. The number of hydrogen-bond acceptors (Lipinski definition) is 9. The third kappa shape index (κ3) is 9.22. The van der Waals surface area contributed by atoms with E-state index in [1.165, 1.54) is 21.3 Å². The Hall–Kier alpha value is -3.16. The van der Waals surface area contributed by atoms with Crippen LogP contribution in [0.4, 0.5) is 5.69 Å². The average Bonchev–Trinajstić information content (AvgIpc) is 2.91. The molecular weight excluding hydrogens is 528 g/mol. The van der Waals surface area contributed by atoms with Gasteiger partial charge in [0.05, 0.1) is 76.1 Å². The van der Waals surface area contributed by atoms with E-state index in [1.807, 2.05) is 0 Å². The summed E-state index contributed by atoms with van der Waals surface area (Å²) in [6.45, 7) is -0.0171. The predicted octanol–water partition coefficient (Wildman–Crippen LogP) is 1.37. The Morgan fingerprint density at radius 1 is 0.872 bits per heavy atom.